The number of nitrogens with one attached hydrogen (secondary N) is 10. The van der Waals surface area contributed by atoms with Crippen LogP contribution < -0.4 is 111 Å². The van der Waals surface area contributed by atoms with Crippen LogP contribution in [0.5, 0.6) is 0 Å². The number of para-hydroxylation sites is 2. The highest BCUT2D eigenvalue weighted by atomic mass is 16.4. The number of rotatable bonds is 44. The Morgan fingerprint density at radius 2 is 0.643 bits per heavy atom. The summed E-state index contributed by atoms with van der Waals surface area (Å²) in [4.78, 5) is 166. The summed E-state index contributed by atoms with van der Waals surface area (Å²) >= 11 is 0. The topological polar surface area (TPSA) is 713 Å². The highest BCUT2D eigenvalue weighted by Crippen LogP contribution is 2.22. The predicted octanol–water partition coefficient (Wildman–Crippen LogP) is -8.14. The zero-order valence-electron chi connectivity index (χ0n) is 54.0. The van der Waals surface area contributed by atoms with Crippen LogP contribution in [0, 0.1) is 0 Å². The molecule has 39 nitrogen and oxygen atoms in total. The number of amides is 9. The Kier molecular flexibility index (Phi) is 32.8. The summed E-state index contributed by atoms with van der Waals surface area (Å²) in [6, 6.07) is 0.00405. The van der Waals surface area contributed by atoms with Gasteiger partial charge < -0.3 is 132 Å². The number of carboxylic acid groups (broad SMARTS) is 1. The van der Waals surface area contributed by atoms with E-state index < -0.39 is 127 Å². The van der Waals surface area contributed by atoms with E-state index in [2.05, 4.69) is 77.5 Å². The Morgan fingerprint density at radius 1 is 0.378 bits per heavy atom. The molecular formula is C59H93N27O12. The number of aliphatic imine (C=N–C) groups is 5. The average Bonchev–Trinajstić information content (AvgIpc) is 1.66. The zero-order valence-corrected chi connectivity index (χ0v) is 54.0. The largest absolute Gasteiger partial charge is 0.480 e. The molecule has 0 aliphatic carbocycles. The molecule has 0 aliphatic heterocycles. The molecule has 0 saturated heterocycles. The Hall–Kier alpha value is -11.5. The van der Waals surface area contributed by atoms with Crippen molar-refractivity contribution in [1.29, 1.82) is 0 Å². The zero-order chi connectivity index (χ0) is 72.4. The molecule has 9 atom stereocenters. The maximum atomic E-state index is 15.1. The van der Waals surface area contributed by atoms with E-state index in [4.69, 9.17) is 68.8 Å². The van der Waals surface area contributed by atoms with Gasteiger partial charge in [-0.2, -0.15) is 0 Å². The number of hydrogen-bond donors (Lipinski definition) is 24. The summed E-state index contributed by atoms with van der Waals surface area (Å²) in [5.41, 5.74) is 69.0. The molecule has 0 bridgehead atoms. The van der Waals surface area contributed by atoms with Gasteiger partial charge in [0.15, 0.2) is 29.8 Å². The van der Waals surface area contributed by atoms with E-state index in [-0.39, 0.29) is 140 Å². The van der Waals surface area contributed by atoms with E-state index in [0.29, 0.717) is 32.9 Å². The highest BCUT2D eigenvalue weighted by Gasteiger charge is 2.36. The second-order valence-electron chi connectivity index (χ2n) is 22.7. The van der Waals surface area contributed by atoms with Gasteiger partial charge in [-0.1, -0.05) is 36.4 Å². The number of nitrogens with two attached hydrogens (primary N) is 12. The van der Waals surface area contributed by atoms with Crippen LogP contribution in [0.2, 0.25) is 0 Å². The van der Waals surface area contributed by atoms with Gasteiger partial charge in [-0.15, -0.1) is 0 Å². The number of aliphatic carboxylic acids is 1. The van der Waals surface area contributed by atoms with Crippen molar-refractivity contribution < 1.29 is 58.2 Å². The molecule has 0 unspecified atom stereocenters. The number of hydrogen-bond acceptors (Lipinski definition) is 17. The van der Waals surface area contributed by atoms with Crippen molar-refractivity contribution in [2.24, 2.45) is 93.8 Å². The number of primary amides is 1. The van der Waals surface area contributed by atoms with Crippen molar-refractivity contribution >= 4 is 111 Å². The summed E-state index contributed by atoms with van der Waals surface area (Å²) in [5.74, 6) is -11.7. The Morgan fingerprint density at radius 3 is 0.949 bits per heavy atom. The van der Waals surface area contributed by atoms with Crippen LogP contribution in [0.15, 0.2) is 85.9 Å². The van der Waals surface area contributed by atoms with Crippen LogP contribution in [-0.4, -0.2) is 203 Å². The number of aromatic amines is 2. The van der Waals surface area contributed by atoms with Crippen LogP contribution in [0.3, 0.4) is 0 Å². The molecular weight excluding hydrogens is 1280 g/mol. The highest BCUT2D eigenvalue weighted by molar-refractivity contribution is 6.00. The molecule has 39 heteroatoms. The Balaban J connectivity index is 1.78. The number of H-pyrrole nitrogens is 2. The number of aliphatic hydroxyl groups excluding tert-OH is 1. The smallest absolute Gasteiger partial charge is 0.326 e. The molecule has 4 aromatic rings. The predicted molar refractivity (Wildman–Crippen MR) is 366 cm³/mol. The number of nitrogens with zero attached hydrogens (tertiary/aromatic N) is 5. The number of fused-ring (bicyclic) bond motifs is 2. The molecule has 0 aliphatic rings. The van der Waals surface area contributed by atoms with Gasteiger partial charge in [0.05, 0.1) is 13.0 Å². The maximum Gasteiger partial charge on any atom is 0.326 e. The van der Waals surface area contributed by atoms with E-state index in [1.54, 1.807) is 60.9 Å². The average molecular weight is 1370 g/mol. The van der Waals surface area contributed by atoms with Gasteiger partial charge >= 0.3 is 5.97 Å². The van der Waals surface area contributed by atoms with E-state index in [1.807, 2.05) is 0 Å². The number of aliphatic hydroxyl groups is 1. The van der Waals surface area contributed by atoms with Crippen LogP contribution in [0.4, 0.5) is 0 Å². The molecule has 0 saturated carbocycles. The number of aromatic nitrogens is 2. The third-order valence-corrected chi connectivity index (χ3v) is 14.9. The second-order valence-corrected chi connectivity index (χ2v) is 22.7. The van der Waals surface area contributed by atoms with Crippen molar-refractivity contribution in [2.45, 2.75) is 138 Å². The number of carbonyl (C=O) groups excluding carboxylic acids is 9. The first-order valence-corrected chi connectivity index (χ1v) is 31.2. The lowest BCUT2D eigenvalue weighted by Gasteiger charge is -2.28. The van der Waals surface area contributed by atoms with Gasteiger partial charge in [0.1, 0.15) is 54.4 Å². The first-order valence-electron chi connectivity index (χ1n) is 31.2. The van der Waals surface area contributed by atoms with Gasteiger partial charge in [-0.25, -0.2) is 4.79 Å². The van der Waals surface area contributed by atoms with Crippen molar-refractivity contribution in [3.63, 3.8) is 0 Å². The molecule has 4 rings (SSSR count). The van der Waals surface area contributed by atoms with Crippen molar-refractivity contribution in [3.8, 4) is 0 Å². The number of carboxylic acids is 1. The van der Waals surface area contributed by atoms with Gasteiger partial charge in [-0.05, 0) is 87.5 Å². The SMILES string of the molecule is NC(=O)C[C@H](NC(=O)[C@H](Cc1c[nH]c2ccccc12)NC(=O)[C@H](CCCN=C(N)N)NC(=O)[C@H](CCCN=C(N)N)NC(=O)[C@H](Cc1c[nH]c2ccccc12)NC(=O)[C@H](CCCN=C(N)N)NC(=O)[C@H](CCCN=C(N)N)NC(=O)[C@@H](N)CO)C(=O)N[C@@H](CCCN=C(N)N)C(=O)O. The number of benzene rings is 2. The van der Waals surface area contributed by atoms with Crippen LogP contribution >= 0.6 is 0 Å². The van der Waals surface area contributed by atoms with Crippen LogP contribution in [-0.2, 0) is 60.8 Å². The summed E-state index contributed by atoms with van der Waals surface area (Å²) in [6.45, 7) is -0.901. The monoisotopic (exact) mass is 1370 g/mol. The van der Waals surface area contributed by atoms with Crippen molar-refractivity contribution in [2.75, 3.05) is 39.3 Å². The van der Waals surface area contributed by atoms with Crippen LogP contribution in [0.1, 0.15) is 81.8 Å². The minimum absolute atomic E-state index is 0.00845. The second kappa shape index (κ2) is 40.7. The van der Waals surface area contributed by atoms with Gasteiger partial charge in [-0.3, -0.25) is 68.1 Å². The minimum Gasteiger partial charge on any atom is -0.480 e. The molecule has 536 valence electrons. The Labute approximate surface area is 562 Å². The third kappa shape index (κ3) is 27.8. The summed E-state index contributed by atoms with van der Waals surface area (Å²) in [5, 5.41) is 41.5. The van der Waals surface area contributed by atoms with E-state index in [0.717, 1.165) is 0 Å². The van der Waals surface area contributed by atoms with Crippen molar-refractivity contribution in [3.05, 3.63) is 72.1 Å². The van der Waals surface area contributed by atoms with Crippen molar-refractivity contribution in [1.82, 2.24) is 52.5 Å². The molecule has 2 aromatic carbocycles. The normalized spacial score (nSPS) is 13.7. The quantitative estimate of drug-likeness (QED) is 0.0111. The number of guanidine groups is 5. The third-order valence-electron chi connectivity index (χ3n) is 14.9. The van der Waals surface area contributed by atoms with E-state index >= 15 is 9.59 Å². The van der Waals surface area contributed by atoms with E-state index in [9.17, 15) is 48.6 Å². The minimum atomic E-state index is -1.80. The molecule has 2 heterocycles. The maximum absolute atomic E-state index is 15.1. The van der Waals surface area contributed by atoms with E-state index in [1.165, 1.54) is 0 Å². The fraction of sp³-hybridized carbons (Fsp3) is 0.475. The lowest BCUT2D eigenvalue weighted by molar-refractivity contribution is -0.142. The molecule has 0 fully saturated rings. The molecule has 98 heavy (non-hydrogen) atoms. The van der Waals surface area contributed by atoms with Gasteiger partial charge in [0.2, 0.25) is 53.2 Å². The standard InChI is InChI=1S/C59H93N27O12/c60-34(29-87)46(89)79-37(14-5-19-72-55(62)63)47(90)80-39(16-7-21-74-57(66)67)49(92)84-42(24-30-27-77-35-12-3-1-10-32(30)35)51(94)82-38(15-6-20-73-56(64)65)48(91)81-40(17-8-22-75-58(68)69)50(93)85-43(25-31-28-78-36-13-4-2-11-33(31)36)52(95)86-44(26-45(61)88)53(96)83-41(54(97)98)18-9-23-76-59(70)71/h1-4,10-13,27-28,34,37-44,77-78,87H,5-9,14-26,29,60H2,(H2,61,88)(H,79,89)(H,80,90)(H,81,91)(H,82,94)(H,83,96)(H,84,92)(H,85,93)(H,86,95)(H,97,98)(H4,62,63,72)(H4,64,65,73)(H4,66,67,74)(H4,68,69,75)(H4,70,71,76)/t34-,37-,38-,39-,40-,41-,42-,43-,44-/m0/s1. The lowest BCUT2D eigenvalue weighted by atomic mass is 10.0. The van der Waals surface area contributed by atoms with Gasteiger partial charge in [0, 0.05) is 79.8 Å². The first-order chi connectivity index (χ1) is 46.6. The number of carbonyl (C=O) groups is 10. The van der Waals surface area contributed by atoms with Gasteiger partial charge in [0.25, 0.3) is 0 Å². The lowest BCUT2D eigenvalue weighted by Crippen LogP contribution is -2.61. The fourth-order valence-corrected chi connectivity index (χ4v) is 9.99. The molecule has 9 amide bonds. The first kappa shape index (κ1) is 78.9. The summed E-state index contributed by atoms with van der Waals surface area (Å²) in [7, 11) is 0. The Bertz CT molecular complexity index is 3510. The fourth-order valence-electron chi connectivity index (χ4n) is 9.99. The van der Waals surface area contributed by atoms with Crippen LogP contribution in [0.25, 0.3) is 21.8 Å². The molecule has 36 N–H and O–H groups in total. The molecule has 2 aromatic heterocycles. The molecule has 0 spiro atoms. The molecule has 0 radical (unpaired) electrons. The summed E-state index contributed by atoms with van der Waals surface area (Å²) < 4.78 is 0. The summed E-state index contributed by atoms with van der Waals surface area (Å²) in [6.07, 6.45) is 1.26.